The van der Waals surface area contributed by atoms with E-state index in [-0.39, 0.29) is 5.84 Å². The molecule has 1 aromatic carbocycles. The Kier molecular flexibility index (Phi) is 4.58. The highest BCUT2D eigenvalue weighted by Crippen LogP contribution is 2.22. The highest BCUT2D eigenvalue weighted by Gasteiger charge is 2.07. The van der Waals surface area contributed by atoms with Crippen molar-refractivity contribution in [3.05, 3.63) is 28.8 Å². The molecule has 1 aromatic rings. The Bertz CT molecular complexity index is 379. The second kappa shape index (κ2) is 5.72. The molecule has 1 rings (SSSR count). The van der Waals surface area contributed by atoms with Gasteiger partial charge in [0.2, 0.25) is 0 Å². The van der Waals surface area contributed by atoms with Crippen molar-refractivity contribution in [2.45, 2.75) is 0 Å². The molecule has 3 N–H and O–H groups in total. The van der Waals surface area contributed by atoms with Gasteiger partial charge in [0.1, 0.15) is 18.2 Å². The minimum absolute atomic E-state index is 0.0171. The van der Waals surface area contributed by atoms with Gasteiger partial charge in [-0.1, -0.05) is 11.6 Å². The molecule has 0 radical (unpaired) electrons. The molecule has 0 aliphatic heterocycles. The normalized spacial score (nSPS) is 10.5. The third-order valence-corrected chi connectivity index (χ3v) is 2.26. The highest BCUT2D eigenvalue weighted by atomic mass is 35.5. The number of nitrogens with one attached hydrogen (secondary N) is 1. The van der Waals surface area contributed by atoms with Crippen molar-refractivity contribution in [1.29, 1.82) is 5.41 Å². The van der Waals surface area contributed by atoms with Crippen LogP contribution in [0.1, 0.15) is 5.56 Å². The number of nitrogens with zero attached hydrogens (tertiary/aromatic N) is 1. The molecule has 0 saturated carbocycles. The van der Waals surface area contributed by atoms with Crippen LogP contribution in [-0.4, -0.2) is 38.0 Å². The first-order chi connectivity index (χ1) is 7.50. The van der Waals surface area contributed by atoms with Crippen molar-refractivity contribution >= 4 is 17.4 Å². The maximum Gasteiger partial charge on any atom is 0.131 e. The van der Waals surface area contributed by atoms with E-state index in [9.17, 15) is 0 Å². The summed E-state index contributed by atoms with van der Waals surface area (Å²) in [5, 5.41) is 7.98. The largest absolute Gasteiger partial charge is 0.491 e. The van der Waals surface area contributed by atoms with Crippen LogP contribution in [-0.2, 0) is 0 Å². The molecule has 0 bridgehead atoms. The number of nitrogen functional groups attached to an aromatic ring is 1. The zero-order chi connectivity index (χ0) is 12.1. The minimum atomic E-state index is -0.0171. The maximum atomic E-state index is 7.41. The average Bonchev–Trinajstić information content (AvgIpc) is 2.16. The van der Waals surface area contributed by atoms with Crippen LogP contribution in [0.4, 0.5) is 0 Å². The number of benzene rings is 1. The van der Waals surface area contributed by atoms with Gasteiger partial charge in [-0.15, -0.1) is 0 Å². The summed E-state index contributed by atoms with van der Waals surface area (Å²) in [6.07, 6.45) is 0. The van der Waals surface area contributed by atoms with Crippen molar-refractivity contribution in [3.8, 4) is 5.75 Å². The van der Waals surface area contributed by atoms with E-state index in [1.54, 1.807) is 18.2 Å². The molecule has 5 heteroatoms. The molecule has 16 heavy (non-hydrogen) atoms. The fourth-order valence-corrected chi connectivity index (χ4v) is 1.34. The van der Waals surface area contributed by atoms with Gasteiger partial charge >= 0.3 is 0 Å². The van der Waals surface area contributed by atoms with Crippen LogP contribution in [0.2, 0.25) is 5.02 Å². The van der Waals surface area contributed by atoms with Gasteiger partial charge in [0.15, 0.2) is 0 Å². The quantitative estimate of drug-likeness (QED) is 0.608. The molecule has 4 nitrogen and oxygen atoms in total. The van der Waals surface area contributed by atoms with E-state index in [1.165, 1.54) is 0 Å². The zero-order valence-corrected chi connectivity index (χ0v) is 10.2. The average molecular weight is 242 g/mol. The molecule has 0 heterocycles. The van der Waals surface area contributed by atoms with E-state index in [4.69, 9.17) is 27.5 Å². The monoisotopic (exact) mass is 241 g/mol. The lowest BCUT2D eigenvalue weighted by Gasteiger charge is -2.13. The second-order valence-corrected chi connectivity index (χ2v) is 4.14. The number of likely N-dealkylation sites (N-methyl/N-ethyl adjacent to an activating group) is 1. The predicted octanol–water partition coefficient (Wildman–Crippen LogP) is 1.56. The van der Waals surface area contributed by atoms with Gasteiger partial charge in [-0.05, 0) is 32.3 Å². The summed E-state index contributed by atoms with van der Waals surface area (Å²) in [6.45, 7) is 1.33. The highest BCUT2D eigenvalue weighted by molar-refractivity contribution is 6.30. The fourth-order valence-electron chi connectivity index (χ4n) is 1.18. The van der Waals surface area contributed by atoms with Crippen LogP contribution in [0.3, 0.4) is 0 Å². The number of halogens is 1. The Labute approximate surface area is 100 Å². The molecule has 88 valence electrons. The van der Waals surface area contributed by atoms with E-state index in [0.717, 1.165) is 6.54 Å². The van der Waals surface area contributed by atoms with Crippen molar-refractivity contribution in [3.63, 3.8) is 0 Å². The van der Waals surface area contributed by atoms with Gasteiger partial charge in [-0.2, -0.15) is 0 Å². The molecule has 0 aliphatic rings. The smallest absolute Gasteiger partial charge is 0.131 e. The lowest BCUT2D eigenvalue weighted by Crippen LogP contribution is -2.20. The summed E-state index contributed by atoms with van der Waals surface area (Å²) in [5.74, 6) is 0.540. The van der Waals surface area contributed by atoms with Gasteiger partial charge in [0.25, 0.3) is 0 Å². The number of rotatable bonds is 5. The second-order valence-electron chi connectivity index (χ2n) is 3.71. The van der Waals surface area contributed by atoms with Crippen molar-refractivity contribution in [2.24, 2.45) is 5.73 Å². The number of nitrogens with two attached hydrogens (primary N) is 1. The molecular weight excluding hydrogens is 226 g/mol. The summed E-state index contributed by atoms with van der Waals surface area (Å²) in [5.41, 5.74) is 6.02. The molecule has 0 amide bonds. The SMILES string of the molecule is CN(C)CCOc1cc(Cl)ccc1C(=N)N. The Hall–Kier alpha value is -1.26. The lowest BCUT2D eigenvalue weighted by molar-refractivity contribution is 0.261. The van der Waals surface area contributed by atoms with Crippen molar-refractivity contribution < 1.29 is 4.74 Å². The third kappa shape index (κ3) is 3.72. The van der Waals surface area contributed by atoms with Gasteiger partial charge in [0, 0.05) is 11.6 Å². The molecule has 0 saturated heterocycles. The molecule has 0 unspecified atom stereocenters. The van der Waals surface area contributed by atoms with Gasteiger partial charge < -0.3 is 15.4 Å². The first-order valence-corrected chi connectivity index (χ1v) is 5.30. The summed E-state index contributed by atoms with van der Waals surface area (Å²) >= 11 is 5.86. The van der Waals surface area contributed by atoms with Crippen molar-refractivity contribution in [1.82, 2.24) is 4.90 Å². The Morgan fingerprint density at radius 2 is 2.19 bits per heavy atom. The Morgan fingerprint density at radius 1 is 1.50 bits per heavy atom. The van der Waals surface area contributed by atoms with E-state index >= 15 is 0 Å². The first kappa shape index (κ1) is 12.8. The fraction of sp³-hybridized carbons (Fsp3) is 0.364. The van der Waals surface area contributed by atoms with Gasteiger partial charge in [-0.3, -0.25) is 5.41 Å². The first-order valence-electron chi connectivity index (χ1n) is 4.92. The Morgan fingerprint density at radius 3 is 2.75 bits per heavy atom. The minimum Gasteiger partial charge on any atom is -0.491 e. The van der Waals surface area contributed by atoms with E-state index in [1.807, 2.05) is 19.0 Å². The topological polar surface area (TPSA) is 62.3 Å². The molecule has 0 spiro atoms. The molecule has 0 aliphatic carbocycles. The maximum absolute atomic E-state index is 7.41. The molecule has 0 aromatic heterocycles. The standard InChI is InChI=1S/C11H16ClN3O/c1-15(2)5-6-16-10-7-8(12)3-4-9(10)11(13)14/h3-4,7H,5-6H2,1-2H3,(H3,13,14). The van der Waals surface area contributed by atoms with Gasteiger partial charge in [-0.25, -0.2) is 0 Å². The third-order valence-electron chi connectivity index (χ3n) is 2.03. The number of amidine groups is 1. The summed E-state index contributed by atoms with van der Waals surface area (Å²) in [6, 6.07) is 5.06. The van der Waals surface area contributed by atoms with Gasteiger partial charge in [0.05, 0.1) is 5.56 Å². The molecule has 0 fully saturated rings. The van der Waals surface area contributed by atoms with Crippen LogP contribution >= 0.6 is 11.6 Å². The lowest BCUT2D eigenvalue weighted by atomic mass is 10.2. The number of hydrogen-bond donors (Lipinski definition) is 2. The zero-order valence-electron chi connectivity index (χ0n) is 9.46. The van der Waals surface area contributed by atoms with Crippen molar-refractivity contribution in [2.75, 3.05) is 27.2 Å². The van der Waals surface area contributed by atoms with Crippen LogP contribution < -0.4 is 10.5 Å². The summed E-state index contributed by atoms with van der Waals surface area (Å²) < 4.78 is 5.54. The van der Waals surface area contributed by atoms with Crippen LogP contribution in [0.25, 0.3) is 0 Å². The van der Waals surface area contributed by atoms with Crippen LogP contribution in [0.5, 0.6) is 5.75 Å². The molecule has 0 atom stereocenters. The Balaban J connectivity index is 2.76. The van der Waals surface area contributed by atoms with E-state index < -0.39 is 0 Å². The summed E-state index contributed by atoms with van der Waals surface area (Å²) in [4.78, 5) is 2.01. The van der Waals surface area contributed by atoms with Crippen LogP contribution in [0, 0.1) is 5.41 Å². The van der Waals surface area contributed by atoms with E-state index in [2.05, 4.69) is 0 Å². The number of hydrogen-bond acceptors (Lipinski definition) is 3. The predicted molar refractivity (Wildman–Crippen MR) is 66.5 cm³/mol. The summed E-state index contributed by atoms with van der Waals surface area (Å²) in [7, 11) is 3.93. The van der Waals surface area contributed by atoms with E-state index in [0.29, 0.717) is 22.9 Å². The number of ether oxygens (including phenoxy) is 1. The van der Waals surface area contributed by atoms with Crippen LogP contribution in [0.15, 0.2) is 18.2 Å². The molecular formula is C11H16ClN3O.